The number of halogens is 1. The van der Waals surface area contributed by atoms with Crippen molar-refractivity contribution in [2.24, 2.45) is 10.2 Å². The van der Waals surface area contributed by atoms with Crippen molar-refractivity contribution in [1.29, 1.82) is 0 Å². The maximum Gasteiger partial charge on any atom is 0.274 e. The van der Waals surface area contributed by atoms with Crippen LogP contribution in [0.25, 0.3) is 10.9 Å². The number of phenolic OH excluding ortho intramolecular Hbond substituents is 1. The number of aromatic amines is 1. The van der Waals surface area contributed by atoms with Crippen LogP contribution >= 0.6 is 15.9 Å². The number of nitrogens with one attached hydrogen (secondary N) is 2. The van der Waals surface area contributed by atoms with Gasteiger partial charge in [0.15, 0.2) is 5.69 Å². The lowest BCUT2D eigenvalue weighted by Crippen LogP contribution is -2.45. The van der Waals surface area contributed by atoms with Crippen LogP contribution in [0, 0.1) is 0 Å². The number of azo groups is 1. The molecular formula is C21H21BrN4O4. The molecule has 2 amide bonds. The van der Waals surface area contributed by atoms with Crippen molar-refractivity contribution in [3.05, 3.63) is 52.5 Å². The van der Waals surface area contributed by atoms with Crippen molar-refractivity contribution in [3.63, 3.8) is 0 Å². The SMILES string of the molecule is CC(C)(Cc1ccc(O)cc1)NC(=O)CC(=O)N=Nc1c(O)[nH]c2ccc(Br)cc12. The summed E-state index contributed by atoms with van der Waals surface area (Å²) in [5.74, 6) is -1.24. The molecule has 2 aromatic carbocycles. The van der Waals surface area contributed by atoms with Crippen molar-refractivity contribution in [2.75, 3.05) is 0 Å². The Hall–Kier alpha value is -3.20. The second-order valence-electron chi connectivity index (χ2n) is 7.56. The first kappa shape index (κ1) is 21.5. The molecule has 9 heteroatoms. The van der Waals surface area contributed by atoms with Gasteiger partial charge in [-0.15, -0.1) is 10.2 Å². The number of amides is 2. The molecule has 0 atom stereocenters. The zero-order valence-electron chi connectivity index (χ0n) is 16.4. The van der Waals surface area contributed by atoms with Crippen LogP contribution in [0.3, 0.4) is 0 Å². The summed E-state index contributed by atoms with van der Waals surface area (Å²) >= 11 is 3.34. The van der Waals surface area contributed by atoms with Gasteiger partial charge in [0.1, 0.15) is 12.2 Å². The second-order valence-corrected chi connectivity index (χ2v) is 8.47. The van der Waals surface area contributed by atoms with E-state index in [1.165, 1.54) is 0 Å². The largest absolute Gasteiger partial charge is 0.508 e. The fourth-order valence-corrected chi connectivity index (χ4v) is 3.47. The van der Waals surface area contributed by atoms with Gasteiger partial charge in [0, 0.05) is 15.4 Å². The van der Waals surface area contributed by atoms with E-state index in [0.717, 1.165) is 10.0 Å². The standard InChI is InChI=1S/C21H21BrN4O4/c1-21(2,11-12-3-6-14(27)7-4-12)24-17(28)10-18(29)25-26-19-15-9-13(22)5-8-16(15)23-20(19)30/h3-9,23,27,30H,10-11H2,1-2H3,(H,24,28). The molecule has 4 N–H and O–H groups in total. The first-order valence-electron chi connectivity index (χ1n) is 9.17. The van der Waals surface area contributed by atoms with Crippen LogP contribution in [-0.4, -0.2) is 32.6 Å². The Bertz CT molecular complexity index is 1120. The van der Waals surface area contributed by atoms with Gasteiger partial charge in [-0.1, -0.05) is 28.1 Å². The molecule has 0 saturated carbocycles. The molecule has 8 nitrogen and oxygen atoms in total. The average molecular weight is 473 g/mol. The van der Waals surface area contributed by atoms with E-state index in [2.05, 4.69) is 36.5 Å². The Labute approximate surface area is 181 Å². The van der Waals surface area contributed by atoms with Crippen LogP contribution in [0.1, 0.15) is 25.8 Å². The lowest BCUT2D eigenvalue weighted by atomic mass is 9.94. The van der Waals surface area contributed by atoms with E-state index in [-0.39, 0.29) is 17.3 Å². The number of aromatic hydroxyl groups is 2. The monoisotopic (exact) mass is 472 g/mol. The summed E-state index contributed by atoms with van der Waals surface area (Å²) in [6.45, 7) is 3.68. The molecule has 0 aliphatic heterocycles. The van der Waals surface area contributed by atoms with Gasteiger partial charge >= 0.3 is 0 Å². The Morgan fingerprint density at radius 1 is 1.13 bits per heavy atom. The van der Waals surface area contributed by atoms with Crippen LogP contribution in [-0.2, 0) is 16.0 Å². The van der Waals surface area contributed by atoms with Crippen molar-refractivity contribution in [2.45, 2.75) is 32.2 Å². The molecule has 156 valence electrons. The van der Waals surface area contributed by atoms with Crippen molar-refractivity contribution in [1.82, 2.24) is 10.3 Å². The Morgan fingerprint density at radius 3 is 2.53 bits per heavy atom. The number of fused-ring (bicyclic) bond motifs is 1. The zero-order chi connectivity index (χ0) is 21.9. The van der Waals surface area contributed by atoms with Crippen molar-refractivity contribution >= 4 is 44.3 Å². The summed E-state index contributed by atoms with van der Waals surface area (Å²) in [6.07, 6.45) is 0.0577. The van der Waals surface area contributed by atoms with Crippen molar-refractivity contribution < 1.29 is 19.8 Å². The number of H-pyrrole nitrogens is 1. The minimum absolute atomic E-state index is 0.132. The number of carbonyl (C=O) groups excluding carboxylic acids is 2. The second kappa shape index (κ2) is 8.66. The van der Waals surface area contributed by atoms with Gasteiger partial charge in [-0.25, -0.2) is 0 Å². The molecule has 0 bridgehead atoms. The van der Waals surface area contributed by atoms with Crippen LogP contribution in [0.5, 0.6) is 11.6 Å². The molecule has 0 aliphatic rings. The normalized spacial score (nSPS) is 11.8. The fraction of sp³-hybridized carbons (Fsp3) is 0.238. The molecule has 1 aromatic heterocycles. The lowest BCUT2D eigenvalue weighted by molar-refractivity contribution is -0.128. The first-order chi connectivity index (χ1) is 14.1. The van der Waals surface area contributed by atoms with Crippen molar-refractivity contribution in [3.8, 4) is 11.6 Å². The number of phenols is 1. The summed E-state index contributed by atoms with van der Waals surface area (Å²) in [6, 6.07) is 12.0. The van der Waals surface area contributed by atoms with Gasteiger partial charge in [-0.3, -0.25) is 9.59 Å². The summed E-state index contributed by atoms with van der Waals surface area (Å²) < 4.78 is 0.784. The number of benzene rings is 2. The highest BCUT2D eigenvalue weighted by Gasteiger charge is 2.22. The predicted molar refractivity (Wildman–Crippen MR) is 116 cm³/mol. The number of hydrogen-bond acceptors (Lipinski definition) is 5. The first-order valence-corrected chi connectivity index (χ1v) is 9.96. The maximum atomic E-state index is 12.3. The van der Waals surface area contributed by atoms with E-state index in [1.54, 1.807) is 42.5 Å². The van der Waals surface area contributed by atoms with Gasteiger partial charge in [-0.05, 0) is 56.2 Å². The van der Waals surface area contributed by atoms with Gasteiger partial charge in [0.2, 0.25) is 11.8 Å². The third kappa shape index (κ3) is 5.44. The molecule has 0 unspecified atom stereocenters. The molecule has 0 fully saturated rings. The van der Waals surface area contributed by atoms with E-state index in [0.29, 0.717) is 17.3 Å². The van der Waals surface area contributed by atoms with Crippen LogP contribution in [0.2, 0.25) is 0 Å². The van der Waals surface area contributed by atoms with Gasteiger partial charge in [0.05, 0.1) is 5.52 Å². The third-order valence-electron chi connectivity index (χ3n) is 4.35. The summed E-state index contributed by atoms with van der Waals surface area (Å²) in [4.78, 5) is 27.1. The molecule has 0 radical (unpaired) electrons. The maximum absolute atomic E-state index is 12.3. The lowest BCUT2D eigenvalue weighted by Gasteiger charge is -2.26. The highest BCUT2D eigenvalue weighted by atomic mass is 79.9. The number of carbonyl (C=O) groups is 2. The Kier molecular flexibility index (Phi) is 6.21. The number of rotatable bonds is 6. The van der Waals surface area contributed by atoms with Crippen LogP contribution in [0.4, 0.5) is 5.69 Å². The number of hydrogen-bond donors (Lipinski definition) is 4. The van der Waals surface area contributed by atoms with Gasteiger partial charge in [0.25, 0.3) is 5.91 Å². The topological polar surface area (TPSA) is 127 Å². The van der Waals surface area contributed by atoms with Crippen LogP contribution < -0.4 is 5.32 Å². The van der Waals surface area contributed by atoms with E-state index in [1.807, 2.05) is 13.8 Å². The molecule has 3 rings (SSSR count). The fourth-order valence-electron chi connectivity index (χ4n) is 3.11. The average Bonchev–Trinajstić information content (AvgIpc) is 2.95. The quantitative estimate of drug-likeness (QED) is 0.311. The summed E-state index contributed by atoms with van der Waals surface area (Å²) in [5, 5.41) is 30.2. The highest BCUT2D eigenvalue weighted by molar-refractivity contribution is 9.10. The van der Waals surface area contributed by atoms with E-state index >= 15 is 0 Å². The highest BCUT2D eigenvalue weighted by Crippen LogP contribution is 2.36. The molecule has 3 aromatic rings. The molecule has 0 saturated heterocycles. The molecular weight excluding hydrogens is 452 g/mol. The zero-order valence-corrected chi connectivity index (χ0v) is 18.0. The van der Waals surface area contributed by atoms with E-state index in [9.17, 15) is 19.8 Å². The predicted octanol–water partition coefficient (Wildman–Crippen LogP) is 4.48. The third-order valence-corrected chi connectivity index (χ3v) is 4.84. The molecule has 30 heavy (non-hydrogen) atoms. The number of aromatic nitrogens is 1. The summed E-state index contributed by atoms with van der Waals surface area (Å²) in [7, 11) is 0. The molecule has 1 heterocycles. The minimum Gasteiger partial charge on any atom is -0.508 e. The van der Waals surface area contributed by atoms with Gasteiger partial charge < -0.3 is 20.5 Å². The van der Waals surface area contributed by atoms with Gasteiger partial charge in [-0.2, -0.15) is 0 Å². The smallest absolute Gasteiger partial charge is 0.274 e. The molecule has 0 aliphatic carbocycles. The minimum atomic E-state index is -0.725. The molecule has 0 spiro atoms. The number of nitrogens with zero attached hydrogens (tertiary/aromatic N) is 2. The Balaban J connectivity index is 1.62. The van der Waals surface area contributed by atoms with E-state index < -0.39 is 23.8 Å². The summed E-state index contributed by atoms with van der Waals surface area (Å²) in [5.41, 5.74) is 1.11. The Morgan fingerprint density at radius 2 is 1.83 bits per heavy atom. The van der Waals surface area contributed by atoms with Crippen LogP contribution in [0.15, 0.2) is 57.2 Å². The van der Waals surface area contributed by atoms with E-state index in [4.69, 9.17) is 0 Å².